The van der Waals surface area contributed by atoms with Gasteiger partial charge in [0, 0.05) is 17.0 Å². The minimum Gasteiger partial charge on any atom is -0.461 e. The summed E-state index contributed by atoms with van der Waals surface area (Å²) in [5, 5.41) is 10.7. The molecular weight excluding hydrogens is 512 g/mol. The number of nitrogens with zero attached hydrogens (tertiary/aromatic N) is 2. The fourth-order valence-corrected chi connectivity index (χ4v) is 9.03. The fourth-order valence-electron chi connectivity index (χ4n) is 6.89. The number of aliphatic hydroxyl groups is 1. The van der Waals surface area contributed by atoms with E-state index in [1.807, 2.05) is 93.6 Å². The van der Waals surface area contributed by atoms with E-state index in [0.717, 1.165) is 22.4 Å². The molecule has 202 valence electrons. The number of likely N-dealkylation sites (tertiary alicyclic amines) is 1. The number of aryl methyl sites for hydroxylation is 2. The molecule has 6 rings (SSSR count). The highest BCUT2D eigenvalue weighted by Gasteiger charge is 2.74. The summed E-state index contributed by atoms with van der Waals surface area (Å²) >= 11 is 1.50. The predicted octanol–water partition coefficient (Wildman–Crippen LogP) is 3.74. The number of anilines is 1. The lowest BCUT2D eigenvalue weighted by Gasteiger charge is -2.40. The Morgan fingerprint density at radius 2 is 1.79 bits per heavy atom. The number of thioether (sulfide) groups is 1. The first-order valence-corrected chi connectivity index (χ1v) is 14.1. The molecule has 8 heteroatoms. The van der Waals surface area contributed by atoms with Crippen LogP contribution in [0.25, 0.3) is 0 Å². The average molecular weight is 545 g/mol. The molecule has 0 aromatic heterocycles. The van der Waals surface area contributed by atoms with Gasteiger partial charge in [-0.2, -0.15) is 0 Å². The van der Waals surface area contributed by atoms with Crippen LogP contribution in [0.3, 0.4) is 0 Å². The quantitative estimate of drug-likeness (QED) is 0.466. The summed E-state index contributed by atoms with van der Waals surface area (Å²) in [6, 6.07) is 13.6. The maximum atomic E-state index is 14.8. The number of amides is 2. The number of carbonyl (C=O) groups excluding carboxylic acids is 3. The summed E-state index contributed by atoms with van der Waals surface area (Å²) in [6.45, 7) is 6.06. The number of fused-ring (bicyclic) bond motifs is 2. The van der Waals surface area contributed by atoms with Crippen molar-refractivity contribution in [3.8, 4) is 0 Å². The Hall–Kier alpha value is -3.36. The molecule has 7 nitrogen and oxygen atoms in total. The minimum atomic E-state index is -1.01. The van der Waals surface area contributed by atoms with Crippen molar-refractivity contribution in [2.45, 2.75) is 42.3 Å². The number of carbonyl (C=O) groups is 3. The van der Waals surface area contributed by atoms with Gasteiger partial charge in [-0.15, -0.1) is 11.8 Å². The van der Waals surface area contributed by atoms with Gasteiger partial charge in [-0.3, -0.25) is 14.4 Å². The zero-order valence-corrected chi connectivity index (χ0v) is 23.1. The lowest BCUT2D eigenvalue weighted by atomic mass is 9.75. The van der Waals surface area contributed by atoms with E-state index in [1.54, 1.807) is 9.80 Å². The van der Waals surface area contributed by atoms with Crippen LogP contribution in [0.2, 0.25) is 0 Å². The molecule has 1 unspecified atom stereocenters. The molecular formula is C31H32N2O5S. The smallest absolute Gasteiger partial charge is 0.311 e. The number of rotatable bonds is 4. The monoisotopic (exact) mass is 544 g/mol. The lowest BCUT2D eigenvalue weighted by Crippen LogP contribution is -2.54. The normalized spacial score (nSPS) is 32.3. The molecule has 2 saturated heterocycles. The van der Waals surface area contributed by atoms with Crippen LogP contribution >= 0.6 is 11.8 Å². The Bertz CT molecular complexity index is 1410. The second-order valence-corrected chi connectivity index (χ2v) is 12.8. The number of esters is 1. The van der Waals surface area contributed by atoms with Crippen LogP contribution in [0.15, 0.2) is 72.8 Å². The average Bonchev–Trinajstić information content (AvgIpc) is 3.17. The van der Waals surface area contributed by atoms with Gasteiger partial charge in [0.05, 0.1) is 29.2 Å². The van der Waals surface area contributed by atoms with Gasteiger partial charge in [0.25, 0.3) is 5.91 Å². The molecule has 2 amide bonds. The molecule has 0 bridgehead atoms. The molecule has 0 radical (unpaired) electrons. The van der Waals surface area contributed by atoms with Gasteiger partial charge >= 0.3 is 5.97 Å². The molecule has 2 aromatic rings. The Balaban J connectivity index is 1.56. The van der Waals surface area contributed by atoms with Crippen LogP contribution in [-0.4, -0.2) is 63.1 Å². The topological polar surface area (TPSA) is 87.2 Å². The van der Waals surface area contributed by atoms with Crippen molar-refractivity contribution >= 4 is 35.2 Å². The lowest BCUT2D eigenvalue weighted by molar-refractivity contribution is -0.153. The standard InChI is InChI=1S/C31H32N2O5S/c1-19-11-12-20(2)22(17-19)32-15-7-14-31-24(25-29(37)38-16-8-13-30(25,3)39-31)27(35)33(26(31)28(32)36)23(18-34)21-9-5-4-6-10-21/h4-14,17,23-26,34H,15-16,18H2,1-3H3/t23-,24+,25-,26?,30+,31+/m1/s1. The van der Waals surface area contributed by atoms with Crippen LogP contribution < -0.4 is 4.90 Å². The van der Waals surface area contributed by atoms with E-state index in [1.165, 1.54) is 11.8 Å². The molecule has 4 heterocycles. The van der Waals surface area contributed by atoms with E-state index in [-0.39, 0.29) is 25.0 Å². The Morgan fingerprint density at radius 1 is 1.03 bits per heavy atom. The van der Waals surface area contributed by atoms with Crippen molar-refractivity contribution < 1.29 is 24.2 Å². The van der Waals surface area contributed by atoms with Crippen molar-refractivity contribution in [1.29, 1.82) is 0 Å². The maximum Gasteiger partial charge on any atom is 0.311 e. The molecule has 0 aliphatic carbocycles. The van der Waals surface area contributed by atoms with Crippen molar-refractivity contribution in [2.24, 2.45) is 11.8 Å². The van der Waals surface area contributed by atoms with Crippen molar-refractivity contribution in [1.82, 2.24) is 4.90 Å². The molecule has 4 aliphatic heterocycles. The molecule has 2 fully saturated rings. The highest BCUT2D eigenvalue weighted by atomic mass is 32.2. The van der Waals surface area contributed by atoms with Crippen LogP contribution in [0, 0.1) is 25.7 Å². The van der Waals surface area contributed by atoms with Gasteiger partial charge in [-0.05, 0) is 49.6 Å². The summed E-state index contributed by atoms with van der Waals surface area (Å²) in [5.41, 5.74) is 3.51. The van der Waals surface area contributed by atoms with Gasteiger partial charge in [0.1, 0.15) is 12.6 Å². The molecule has 2 aromatic carbocycles. The SMILES string of the molecule is Cc1ccc(C)c(N2CC=C[C@]34S[C@@]5(C)C=CCOC(=O)[C@H]5[C@H]3C(=O)N([C@H](CO)c3ccccc3)C4C2=O)c1. The Morgan fingerprint density at radius 3 is 2.54 bits per heavy atom. The number of hydrogen-bond donors (Lipinski definition) is 1. The van der Waals surface area contributed by atoms with Gasteiger partial charge in [0.15, 0.2) is 0 Å². The van der Waals surface area contributed by atoms with Gasteiger partial charge in [0.2, 0.25) is 5.91 Å². The van der Waals surface area contributed by atoms with E-state index in [9.17, 15) is 19.5 Å². The van der Waals surface area contributed by atoms with Crippen molar-refractivity contribution in [3.05, 3.63) is 89.5 Å². The largest absolute Gasteiger partial charge is 0.461 e. The van der Waals surface area contributed by atoms with Crippen LogP contribution in [-0.2, 0) is 19.1 Å². The summed E-state index contributed by atoms with van der Waals surface area (Å²) in [7, 11) is 0. The third-order valence-electron chi connectivity index (χ3n) is 8.60. The highest BCUT2D eigenvalue weighted by molar-refractivity contribution is 8.02. The van der Waals surface area contributed by atoms with Crippen LogP contribution in [0.1, 0.15) is 29.7 Å². The molecule has 4 aliphatic rings. The molecule has 1 spiro atoms. The summed E-state index contributed by atoms with van der Waals surface area (Å²) in [4.78, 5) is 46.0. The van der Waals surface area contributed by atoms with Gasteiger partial charge in [-0.25, -0.2) is 0 Å². The number of hydrogen-bond acceptors (Lipinski definition) is 6. The molecule has 0 saturated carbocycles. The number of ether oxygens (including phenoxy) is 1. The minimum absolute atomic E-state index is 0.158. The van der Waals surface area contributed by atoms with Crippen molar-refractivity contribution in [2.75, 3.05) is 24.7 Å². The highest BCUT2D eigenvalue weighted by Crippen LogP contribution is 2.66. The van der Waals surface area contributed by atoms with Crippen LogP contribution in [0.5, 0.6) is 0 Å². The fraction of sp³-hybridized carbons (Fsp3) is 0.387. The molecule has 39 heavy (non-hydrogen) atoms. The molecule has 1 N–H and O–H groups in total. The van der Waals surface area contributed by atoms with E-state index in [0.29, 0.717) is 6.54 Å². The van der Waals surface area contributed by atoms with E-state index < -0.39 is 39.4 Å². The second kappa shape index (κ2) is 9.38. The summed E-state index contributed by atoms with van der Waals surface area (Å²) in [5.74, 6) is -2.53. The number of cyclic esters (lactones) is 1. The van der Waals surface area contributed by atoms with Crippen LogP contribution in [0.4, 0.5) is 5.69 Å². The number of benzene rings is 2. The number of aliphatic hydroxyl groups excluding tert-OH is 1. The third kappa shape index (κ3) is 3.79. The van der Waals surface area contributed by atoms with E-state index in [4.69, 9.17) is 4.74 Å². The summed E-state index contributed by atoms with van der Waals surface area (Å²) < 4.78 is 3.79. The molecule has 6 atom stereocenters. The maximum absolute atomic E-state index is 14.8. The Kier molecular flexibility index (Phi) is 6.23. The van der Waals surface area contributed by atoms with E-state index >= 15 is 0 Å². The first-order chi connectivity index (χ1) is 18.7. The first-order valence-electron chi connectivity index (χ1n) is 13.3. The van der Waals surface area contributed by atoms with E-state index in [2.05, 4.69) is 0 Å². The summed E-state index contributed by atoms with van der Waals surface area (Å²) in [6.07, 6.45) is 7.72. The van der Waals surface area contributed by atoms with Gasteiger partial charge in [-0.1, -0.05) is 60.7 Å². The Labute approximate surface area is 232 Å². The second-order valence-electron chi connectivity index (χ2n) is 11.0. The zero-order chi connectivity index (χ0) is 27.5. The van der Waals surface area contributed by atoms with Gasteiger partial charge < -0.3 is 19.6 Å². The predicted molar refractivity (Wildman–Crippen MR) is 150 cm³/mol. The first kappa shape index (κ1) is 25.9. The third-order valence-corrected chi connectivity index (χ3v) is 10.4. The van der Waals surface area contributed by atoms with Crippen molar-refractivity contribution in [3.63, 3.8) is 0 Å². The zero-order valence-electron chi connectivity index (χ0n) is 22.2.